The van der Waals surface area contributed by atoms with Gasteiger partial charge in [0.1, 0.15) is 16.7 Å². The molecule has 1 aromatic carbocycles. The number of thioether (sulfide) groups is 2. The van der Waals surface area contributed by atoms with E-state index in [1.807, 2.05) is 42.8 Å². The maximum atomic E-state index is 9.31. The summed E-state index contributed by atoms with van der Waals surface area (Å²) in [6.07, 6.45) is 3.85. The Kier molecular flexibility index (Phi) is 4.24. The zero-order valence-corrected chi connectivity index (χ0v) is 11.7. The molecule has 0 aliphatic rings. The molecule has 3 nitrogen and oxygen atoms in total. The zero-order valence-electron chi connectivity index (χ0n) is 10.0. The van der Waals surface area contributed by atoms with Gasteiger partial charge < -0.3 is 0 Å². The largest absolute Gasteiger partial charge is 0.221 e. The molecule has 90 valence electrons. The van der Waals surface area contributed by atoms with E-state index in [0.29, 0.717) is 16.4 Å². The molecule has 0 radical (unpaired) electrons. The van der Waals surface area contributed by atoms with Crippen LogP contribution in [0.25, 0.3) is 11.3 Å². The predicted octanol–water partition coefficient (Wildman–Crippen LogP) is 3.46. The molecule has 0 atom stereocenters. The molecule has 0 aliphatic carbocycles. The summed E-state index contributed by atoms with van der Waals surface area (Å²) in [4.78, 5) is 8.82. The first-order valence-electron chi connectivity index (χ1n) is 5.25. The van der Waals surface area contributed by atoms with Gasteiger partial charge >= 0.3 is 0 Å². The summed E-state index contributed by atoms with van der Waals surface area (Å²) in [5, 5.41) is 10.7. The molecule has 2 aromatic rings. The van der Waals surface area contributed by atoms with E-state index < -0.39 is 0 Å². The van der Waals surface area contributed by atoms with Crippen LogP contribution in [0.4, 0.5) is 0 Å². The van der Waals surface area contributed by atoms with E-state index >= 15 is 0 Å². The van der Waals surface area contributed by atoms with Crippen LogP contribution in [-0.4, -0.2) is 22.5 Å². The van der Waals surface area contributed by atoms with E-state index in [-0.39, 0.29) is 0 Å². The molecule has 18 heavy (non-hydrogen) atoms. The molecule has 0 saturated carbocycles. The second kappa shape index (κ2) is 5.89. The highest BCUT2D eigenvalue weighted by Gasteiger charge is 2.14. The van der Waals surface area contributed by atoms with Crippen molar-refractivity contribution >= 4 is 23.5 Å². The molecule has 0 fully saturated rings. The Balaban J connectivity index is 2.69. The zero-order chi connectivity index (χ0) is 13.0. The quantitative estimate of drug-likeness (QED) is 0.487. The van der Waals surface area contributed by atoms with E-state index in [4.69, 9.17) is 0 Å². The number of nitriles is 1. The van der Waals surface area contributed by atoms with Crippen LogP contribution in [0.3, 0.4) is 0 Å². The Morgan fingerprint density at radius 3 is 2.33 bits per heavy atom. The van der Waals surface area contributed by atoms with E-state index in [1.165, 1.54) is 23.5 Å². The van der Waals surface area contributed by atoms with E-state index in [2.05, 4.69) is 16.0 Å². The number of benzene rings is 1. The third-order valence-electron chi connectivity index (χ3n) is 2.39. The maximum absolute atomic E-state index is 9.31. The minimum atomic E-state index is 0.548. The lowest BCUT2D eigenvalue weighted by molar-refractivity contribution is 0.891. The fraction of sp³-hybridized carbons (Fsp3) is 0.154. The number of hydrogen-bond donors (Lipinski definition) is 0. The van der Waals surface area contributed by atoms with Gasteiger partial charge in [-0.15, -0.1) is 11.8 Å². The minimum Gasteiger partial charge on any atom is -0.221 e. The Hall–Kier alpha value is -1.51. The second-order valence-corrected chi connectivity index (χ2v) is 4.99. The fourth-order valence-electron chi connectivity index (χ4n) is 1.57. The van der Waals surface area contributed by atoms with Crippen LogP contribution in [0.5, 0.6) is 0 Å². The summed E-state index contributed by atoms with van der Waals surface area (Å²) in [7, 11) is 0. The topological polar surface area (TPSA) is 49.6 Å². The summed E-state index contributed by atoms with van der Waals surface area (Å²) in [6, 6.07) is 11.9. The van der Waals surface area contributed by atoms with Gasteiger partial charge in [0.2, 0.25) is 0 Å². The van der Waals surface area contributed by atoms with Crippen LogP contribution < -0.4 is 0 Å². The first-order valence-corrected chi connectivity index (χ1v) is 7.70. The van der Waals surface area contributed by atoms with Crippen LogP contribution in [-0.2, 0) is 0 Å². The molecule has 0 bridgehead atoms. The van der Waals surface area contributed by atoms with Gasteiger partial charge in [-0.2, -0.15) is 5.26 Å². The van der Waals surface area contributed by atoms with Crippen molar-refractivity contribution in [3.8, 4) is 17.3 Å². The maximum Gasteiger partial charge on any atom is 0.188 e. The van der Waals surface area contributed by atoms with Gasteiger partial charge in [0.05, 0.1) is 5.69 Å². The van der Waals surface area contributed by atoms with Crippen LogP contribution in [0, 0.1) is 11.3 Å². The number of aromatic nitrogens is 2. The average Bonchev–Trinajstić information content (AvgIpc) is 2.46. The van der Waals surface area contributed by atoms with Gasteiger partial charge in [-0.3, -0.25) is 0 Å². The SMILES string of the molecule is CSc1nc(SC)c(C#N)c(-c2ccccc2)n1. The summed E-state index contributed by atoms with van der Waals surface area (Å²) < 4.78 is 0. The normalized spacial score (nSPS) is 10.1. The molecular weight excluding hydrogens is 262 g/mol. The van der Waals surface area contributed by atoms with Gasteiger partial charge in [0.25, 0.3) is 0 Å². The molecule has 0 saturated heterocycles. The van der Waals surface area contributed by atoms with Gasteiger partial charge in [-0.25, -0.2) is 9.97 Å². The van der Waals surface area contributed by atoms with Crippen molar-refractivity contribution in [2.45, 2.75) is 10.2 Å². The monoisotopic (exact) mass is 273 g/mol. The van der Waals surface area contributed by atoms with Gasteiger partial charge in [0.15, 0.2) is 5.16 Å². The molecule has 1 aromatic heterocycles. The molecule has 0 aliphatic heterocycles. The molecule has 1 heterocycles. The van der Waals surface area contributed by atoms with Crippen LogP contribution in [0.15, 0.2) is 40.5 Å². The Morgan fingerprint density at radius 2 is 1.78 bits per heavy atom. The highest BCUT2D eigenvalue weighted by molar-refractivity contribution is 7.99. The Bertz CT molecular complexity index is 591. The van der Waals surface area contributed by atoms with Crippen molar-refractivity contribution in [1.29, 1.82) is 5.26 Å². The molecular formula is C13H11N3S2. The first kappa shape index (κ1) is 12.9. The summed E-state index contributed by atoms with van der Waals surface area (Å²) in [5.41, 5.74) is 2.20. The van der Waals surface area contributed by atoms with Crippen molar-refractivity contribution in [1.82, 2.24) is 9.97 Å². The standard InChI is InChI=1S/C13H11N3S2/c1-17-12-10(8-14)11(15-13(16-12)18-2)9-6-4-3-5-7-9/h3-7H,1-2H3. The van der Waals surface area contributed by atoms with E-state index in [1.54, 1.807) is 0 Å². The average molecular weight is 273 g/mol. The lowest BCUT2D eigenvalue weighted by Gasteiger charge is -2.08. The Labute approximate surface area is 115 Å². The third kappa shape index (κ3) is 2.50. The highest BCUT2D eigenvalue weighted by Crippen LogP contribution is 2.29. The number of hydrogen-bond acceptors (Lipinski definition) is 5. The van der Waals surface area contributed by atoms with Crippen molar-refractivity contribution < 1.29 is 0 Å². The summed E-state index contributed by atoms with van der Waals surface area (Å²) >= 11 is 2.95. The fourth-order valence-corrected chi connectivity index (χ4v) is 2.51. The van der Waals surface area contributed by atoms with Crippen LogP contribution in [0.2, 0.25) is 0 Å². The molecule has 0 unspecified atom stereocenters. The molecule has 0 spiro atoms. The van der Waals surface area contributed by atoms with Gasteiger partial charge in [-0.1, -0.05) is 42.1 Å². The second-order valence-electron chi connectivity index (χ2n) is 3.42. The van der Waals surface area contributed by atoms with Gasteiger partial charge in [0, 0.05) is 5.56 Å². The lowest BCUT2D eigenvalue weighted by atomic mass is 10.1. The number of nitrogens with zero attached hydrogens (tertiary/aromatic N) is 3. The lowest BCUT2D eigenvalue weighted by Crippen LogP contribution is -1.98. The van der Waals surface area contributed by atoms with Crippen molar-refractivity contribution in [2.24, 2.45) is 0 Å². The molecule has 5 heteroatoms. The smallest absolute Gasteiger partial charge is 0.188 e. The van der Waals surface area contributed by atoms with Crippen LogP contribution in [0.1, 0.15) is 5.56 Å². The van der Waals surface area contributed by atoms with Crippen molar-refractivity contribution in [3.63, 3.8) is 0 Å². The first-order chi connectivity index (χ1) is 8.80. The van der Waals surface area contributed by atoms with Gasteiger partial charge in [-0.05, 0) is 12.5 Å². The summed E-state index contributed by atoms with van der Waals surface area (Å²) in [5.74, 6) is 0. The van der Waals surface area contributed by atoms with E-state index in [0.717, 1.165) is 10.6 Å². The minimum absolute atomic E-state index is 0.548. The van der Waals surface area contributed by atoms with Crippen molar-refractivity contribution in [2.75, 3.05) is 12.5 Å². The molecule has 0 N–H and O–H groups in total. The van der Waals surface area contributed by atoms with E-state index in [9.17, 15) is 5.26 Å². The van der Waals surface area contributed by atoms with Crippen molar-refractivity contribution in [3.05, 3.63) is 35.9 Å². The predicted molar refractivity (Wildman–Crippen MR) is 75.7 cm³/mol. The number of rotatable bonds is 3. The van der Waals surface area contributed by atoms with Crippen LogP contribution >= 0.6 is 23.5 Å². The molecule has 2 rings (SSSR count). The summed E-state index contributed by atoms with van der Waals surface area (Å²) in [6.45, 7) is 0. The molecule has 0 amide bonds. The highest BCUT2D eigenvalue weighted by atomic mass is 32.2. The Morgan fingerprint density at radius 1 is 1.06 bits per heavy atom. The third-order valence-corrected chi connectivity index (χ3v) is 3.62.